The molecule has 2 rings (SSSR count). The average molecular weight is 386 g/mol. The molecule has 0 heterocycles. The van der Waals surface area contributed by atoms with Crippen LogP contribution in [0.15, 0.2) is 47.4 Å². The van der Waals surface area contributed by atoms with Gasteiger partial charge in [0, 0.05) is 12.1 Å². The molecule has 0 aromatic heterocycles. The standard InChI is InChI=1S/C14H12F2N4O5S/c15-9-5-6-11(10(16)7-9)19(8-14(21)18-17)26(24,25)13-4-2-1-3-12(13)20(22)23/h1-7H,8,17H2,(H,18,21). The number of amides is 1. The van der Waals surface area contributed by atoms with E-state index in [1.165, 1.54) is 12.1 Å². The summed E-state index contributed by atoms with van der Waals surface area (Å²) in [6.07, 6.45) is 0. The molecule has 138 valence electrons. The van der Waals surface area contributed by atoms with Gasteiger partial charge in [0.2, 0.25) is 0 Å². The smallest absolute Gasteiger partial charge is 0.289 e. The van der Waals surface area contributed by atoms with Crippen molar-refractivity contribution in [2.24, 2.45) is 5.84 Å². The first kappa shape index (κ1) is 19.2. The highest BCUT2D eigenvalue weighted by Crippen LogP contribution is 2.31. The van der Waals surface area contributed by atoms with Crippen LogP contribution in [-0.4, -0.2) is 25.8 Å². The number of hydrogen-bond donors (Lipinski definition) is 2. The number of nitro benzene ring substituents is 1. The van der Waals surface area contributed by atoms with Crippen molar-refractivity contribution in [1.82, 2.24) is 5.43 Å². The van der Waals surface area contributed by atoms with Crippen molar-refractivity contribution in [1.29, 1.82) is 0 Å². The summed E-state index contributed by atoms with van der Waals surface area (Å²) in [6, 6.07) is 6.32. The number of para-hydroxylation sites is 1. The predicted molar refractivity (Wildman–Crippen MR) is 86.3 cm³/mol. The maximum atomic E-state index is 14.1. The lowest BCUT2D eigenvalue weighted by atomic mass is 10.3. The Bertz CT molecular complexity index is 968. The van der Waals surface area contributed by atoms with Crippen molar-refractivity contribution < 1.29 is 26.9 Å². The zero-order chi connectivity index (χ0) is 19.5. The Kier molecular flexibility index (Phi) is 5.47. The highest BCUT2D eigenvalue weighted by molar-refractivity contribution is 7.93. The van der Waals surface area contributed by atoms with E-state index < -0.39 is 55.3 Å². The van der Waals surface area contributed by atoms with Gasteiger partial charge < -0.3 is 0 Å². The quantitative estimate of drug-likeness (QED) is 0.330. The van der Waals surface area contributed by atoms with Crippen LogP contribution in [0.25, 0.3) is 0 Å². The Morgan fingerprint density at radius 3 is 2.46 bits per heavy atom. The van der Waals surface area contributed by atoms with Crippen molar-refractivity contribution >= 4 is 27.3 Å². The molecule has 0 unspecified atom stereocenters. The fourth-order valence-corrected chi connectivity index (χ4v) is 3.69. The number of carbonyl (C=O) groups excluding carboxylic acids is 1. The Balaban J connectivity index is 2.68. The van der Waals surface area contributed by atoms with Crippen LogP contribution in [0.2, 0.25) is 0 Å². The molecule has 9 nitrogen and oxygen atoms in total. The van der Waals surface area contributed by atoms with Gasteiger partial charge in [-0.2, -0.15) is 0 Å². The maximum Gasteiger partial charge on any atom is 0.289 e. The second kappa shape index (κ2) is 7.41. The highest BCUT2D eigenvalue weighted by atomic mass is 32.2. The number of nitrogens with two attached hydrogens (primary N) is 1. The van der Waals surface area contributed by atoms with Crippen molar-refractivity contribution in [2.75, 3.05) is 10.8 Å². The van der Waals surface area contributed by atoms with Gasteiger partial charge in [0.15, 0.2) is 4.90 Å². The molecule has 0 radical (unpaired) electrons. The number of hydrazine groups is 1. The lowest BCUT2D eigenvalue weighted by molar-refractivity contribution is -0.387. The molecule has 0 aliphatic heterocycles. The maximum absolute atomic E-state index is 14.1. The zero-order valence-electron chi connectivity index (χ0n) is 12.9. The molecule has 0 saturated heterocycles. The monoisotopic (exact) mass is 386 g/mol. The third kappa shape index (κ3) is 3.75. The molecule has 0 saturated carbocycles. The topological polar surface area (TPSA) is 136 Å². The average Bonchev–Trinajstić information content (AvgIpc) is 2.59. The minimum absolute atomic E-state index is 0.270. The van der Waals surface area contributed by atoms with Gasteiger partial charge in [-0.3, -0.25) is 24.6 Å². The molecule has 1 amide bonds. The van der Waals surface area contributed by atoms with Crippen molar-refractivity contribution in [3.63, 3.8) is 0 Å². The van der Waals surface area contributed by atoms with E-state index in [0.29, 0.717) is 6.07 Å². The fraction of sp³-hybridized carbons (Fsp3) is 0.0714. The number of carbonyl (C=O) groups is 1. The molecule has 12 heteroatoms. The van der Waals surface area contributed by atoms with Crippen LogP contribution in [0.1, 0.15) is 0 Å². The van der Waals surface area contributed by atoms with E-state index in [2.05, 4.69) is 0 Å². The van der Waals surface area contributed by atoms with Crippen LogP contribution in [0.3, 0.4) is 0 Å². The molecule has 3 N–H and O–H groups in total. The van der Waals surface area contributed by atoms with Crippen LogP contribution < -0.4 is 15.6 Å². The van der Waals surface area contributed by atoms with Gasteiger partial charge in [0.05, 0.1) is 10.6 Å². The molecule has 0 spiro atoms. The summed E-state index contributed by atoms with van der Waals surface area (Å²) < 4.78 is 53.3. The van der Waals surface area contributed by atoms with Crippen molar-refractivity contribution in [3.05, 3.63) is 64.2 Å². The predicted octanol–water partition coefficient (Wildman–Crippen LogP) is 1.06. The third-order valence-corrected chi connectivity index (χ3v) is 5.06. The lowest BCUT2D eigenvalue weighted by Crippen LogP contribution is -2.43. The Hall–Kier alpha value is -3.12. The minimum Gasteiger partial charge on any atom is -0.293 e. The highest BCUT2D eigenvalue weighted by Gasteiger charge is 2.34. The summed E-state index contributed by atoms with van der Waals surface area (Å²) >= 11 is 0. The number of rotatable bonds is 6. The molecule has 2 aromatic carbocycles. The number of nitrogens with one attached hydrogen (secondary N) is 1. The normalized spacial score (nSPS) is 11.0. The van der Waals surface area contributed by atoms with Gasteiger partial charge in [0.25, 0.3) is 21.6 Å². The number of anilines is 1. The molecule has 0 atom stereocenters. The summed E-state index contributed by atoms with van der Waals surface area (Å²) in [5.74, 6) is 1.66. The van der Waals surface area contributed by atoms with Crippen LogP contribution in [-0.2, 0) is 14.8 Å². The van der Waals surface area contributed by atoms with Gasteiger partial charge in [-0.1, -0.05) is 12.1 Å². The van der Waals surface area contributed by atoms with Crippen molar-refractivity contribution in [3.8, 4) is 0 Å². The first-order chi connectivity index (χ1) is 12.2. The Morgan fingerprint density at radius 2 is 1.88 bits per heavy atom. The van der Waals surface area contributed by atoms with Crippen LogP contribution in [0.4, 0.5) is 20.2 Å². The number of sulfonamides is 1. The molecule has 0 aliphatic rings. The zero-order valence-corrected chi connectivity index (χ0v) is 13.7. The van der Waals surface area contributed by atoms with E-state index in [-0.39, 0.29) is 4.31 Å². The van der Waals surface area contributed by atoms with Gasteiger partial charge in [0.1, 0.15) is 18.2 Å². The van der Waals surface area contributed by atoms with E-state index in [4.69, 9.17) is 5.84 Å². The summed E-state index contributed by atoms with van der Waals surface area (Å²) in [4.78, 5) is 21.0. The van der Waals surface area contributed by atoms with Crippen LogP contribution in [0.5, 0.6) is 0 Å². The van der Waals surface area contributed by atoms with Crippen LogP contribution >= 0.6 is 0 Å². The van der Waals surface area contributed by atoms with E-state index >= 15 is 0 Å². The van der Waals surface area contributed by atoms with E-state index in [1.54, 1.807) is 5.43 Å². The van der Waals surface area contributed by atoms with Gasteiger partial charge in [-0.05, 0) is 18.2 Å². The molecule has 0 bridgehead atoms. The molecule has 26 heavy (non-hydrogen) atoms. The number of hydrogen-bond acceptors (Lipinski definition) is 6. The molecule has 0 aliphatic carbocycles. The van der Waals surface area contributed by atoms with Gasteiger partial charge >= 0.3 is 0 Å². The summed E-state index contributed by atoms with van der Waals surface area (Å²) in [7, 11) is -4.76. The largest absolute Gasteiger partial charge is 0.293 e. The second-order valence-electron chi connectivity index (χ2n) is 4.90. The SMILES string of the molecule is NNC(=O)CN(c1ccc(F)cc1F)S(=O)(=O)c1ccccc1[N+](=O)[O-]. The number of benzene rings is 2. The number of nitro groups is 1. The minimum atomic E-state index is -4.76. The third-order valence-electron chi connectivity index (χ3n) is 3.26. The van der Waals surface area contributed by atoms with E-state index in [1.807, 2.05) is 0 Å². The van der Waals surface area contributed by atoms with Crippen molar-refractivity contribution in [2.45, 2.75) is 4.90 Å². The fourth-order valence-electron chi connectivity index (χ4n) is 2.10. The first-order valence-electron chi connectivity index (χ1n) is 6.89. The summed E-state index contributed by atoms with van der Waals surface area (Å²) in [5, 5.41) is 11.1. The molecular formula is C14H12F2N4O5S. The van der Waals surface area contributed by atoms with E-state index in [0.717, 1.165) is 24.3 Å². The van der Waals surface area contributed by atoms with Crippen LogP contribution in [0, 0.1) is 21.7 Å². The lowest BCUT2D eigenvalue weighted by Gasteiger charge is -2.24. The molecular weight excluding hydrogens is 374 g/mol. The Morgan fingerprint density at radius 1 is 1.23 bits per heavy atom. The molecule has 2 aromatic rings. The number of nitrogens with zero attached hydrogens (tertiary/aromatic N) is 2. The summed E-state index contributed by atoms with van der Waals surface area (Å²) in [6.45, 7) is -0.979. The second-order valence-corrected chi connectivity index (χ2v) is 6.73. The first-order valence-corrected chi connectivity index (χ1v) is 8.33. The molecule has 0 fully saturated rings. The Labute approximate surface area is 146 Å². The van der Waals surface area contributed by atoms with Gasteiger partial charge in [-0.15, -0.1) is 0 Å². The van der Waals surface area contributed by atoms with Gasteiger partial charge in [-0.25, -0.2) is 23.0 Å². The number of halogens is 2. The van der Waals surface area contributed by atoms with E-state index in [9.17, 15) is 32.1 Å². The summed E-state index contributed by atoms with van der Waals surface area (Å²) in [5.41, 5.74) is 0.238.